The predicted octanol–water partition coefficient (Wildman–Crippen LogP) is 3.50. The number of halogens is 1. The maximum atomic E-state index is 13.5. The summed E-state index contributed by atoms with van der Waals surface area (Å²) in [6.07, 6.45) is 3.47. The molecule has 92 valence electrons. The average Bonchev–Trinajstić information content (AvgIpc) is 2.28. The number of anilines is 1. The molecular formula is C12H15FN2O2. The van der Waals surface area contributed by atoms with Gasteiger partial charge >= 0.3 is 0 Å². The van der Waals surface area contributed by atoms with E-state index in [2.05, 4.69) is 11.9 Å². The van der Waals surface area contributed by atoms with Gasteiger partial charge in [0.05, 0.1) is 16.7 Å². The first kappa shape index (κ1) is 13.2. The van der Waals surface area contributed by atoms with Crippen LogP contribution in [0.15, 0.2) is 30.9 Å². The van der Waals surface area contributed by atoms with Crippen molar-refractivity contribution in [3.8, 4) is 0 Å². The maximum absolute atomic E-state index is 13.5. The summed E-state index contributed by atoms with van der Waals surface area (Å²) in [5, 5.41) is 13.4. The second-order valence-corrected chi connectivity index (χ2v) is 3.83. The summed E-state index contributed by atoms with van der Waals surface area (Å²) in [5.41, 5.74) is 0.0407. The summed E-state index contributed by atoms with van der Waals surface area (Å²) in [5.74, 6) is -0.607. The van der Waals surface area contributed by atoms with Gasteiger partial charge in [-0.3, -0.25) is 10.1 Å². The number of rotatable bonds is 6. The Kier molecular flexibility index (Phi) is 4.63. The number of hydrogen-bond acceptors (Lipinski definition) is 3. The largest absolute Gasteiger partial charge is 0.380 e. The molecule has 0 fully saturated rings. The minimum Gasteiger partial charge on any atom is -0.380 e. The second-order valence-electron chi connectivity index (χ2n) is 3.83. The zero-order valence-electron chi connectivity index (χ0n) is 9.65. The topological polar surface area (TPSA) is 55.2 Å². The Labute approximate surface area is 99.3 Å². The summed E-state index contributed by atoms with van der Waals surface area (Å²) < 4.78 is 13.5. The number of nitro benzene ring substituents is 1. The molecule has 1 aromatic rings. The Morgan fingerprint density at radius 2 is 2.35 bits per heavy atom. The van der Waals surface area contributed by atoms with Crippen molar-refractivity contribution in [3.63, 3.8) is 0 Å². The lowest BCUT2D eigenvalue weighted by Crippen LogP contribution is -2.15. The molecule has 0 aliphatic carbocycles. The molecule has 0 heterocycles. The quantitative estimate of drug-likeness (QED) is 0.469. The molecule has 0 aromatic heterocycles. The molecule has 0 aliphatic rings. The highest BCUT2D eigenvalue weighted by molar-refractivity contribution is 5.50. The summed E-state index contributed by atoms with van der Waals surface area (Å²) >= 11 is 0. The first-order chi connectivity index (χ1) is 8.04. The lowest BCUT2D eigenvalue weighted by atomic mass is 10.1. The van der Waals surface area contributed by atoms with Crippen molar-refractivity contribution < 1.29 is 9.31 Å². The highest BCUT2D eigenvalue weighted by Gasteiger charge is 2.11. The fourth-order valence-electron chi connectivity index (χ4n) is 1.44. The summed E-state index contributed by atoms with van der Waals surface area (Å²) in [7, 11) is 0. The van der Waals surface area contributed by atoms with E-state index in [0.29, 0.717) is 0 Å². The van der Waals surface area contributed by atoms with Crippen LogP contribution in [0.25, 0.3) is 0 Å². The molecule has 1 aromatic carbocycles. The van der Waals surface area contributed by atoms with Crippen molar-refractivity contribution >= 4 is 11.4 Å². The normalized spacial score (nSPS) is 11.9. The average molecular weight is 238 g/mol. The van der Waals surface area contributed by atoms with Crippen LogP contribution in [0, 0.1) is 15.9 Å². The van der Waals surface area contributed by atoms with Gasteiger partial charge in [-0.25, -0.2) is 4.39 Å². The summed E-state index contributed by atoms with van der Waals surface area (Å²) in [4.78, 5) is 9.82. The van der Waals surface area contributed by atoms with E-state index >= 15 is 0 Å². The van der Waals surface area contributed by atoms with Gasteiger partial charge in [-0.1, -0.05) is 6.08 Å². The van der Waals surface area contributed by atoms with Crippen molar-refractivity contribution in [2.75, 3.05) is 5.32 Å². The molecule has 0 bridgehead atoms. The van der Waals surface area contributed by atoms with E-state index in [0.717, 1.165) is 18.9 Å². The van der Waals surface area contributed by atoms with E-state index < -0.39 is 10.7 Å². The third-order valence-corrected chi connectivity index (χ3v) is 2.37. The van der Waals surface area contributed by atoms with Crippen LogP contribution in [-0.4, -0.2) is 11.0 Å². The van der Waals surface area contributed by atoms with E-state index in [1.807, 2.05) is 6.92 Å². The van der Waals surface area contributed by atoms with Crippen molar-refractivity contribution in [1.82, 2.24) is 0 Å². The smallest absolute Gasteiger partial charge is 0.272 e. The Morgan fingerprint density at radius 1 is 1.65 bits per heavy atom. The Bertz CT molecular complexity index is 421. The molecule has 1 atom stereocenters. The third-order valence-electron chi connectivity index (χ3n) is 2.37. The van der Waals surface area contributed by atoms with Gasteiger partial charge in [-0.2, -0.15) is 0 Å². The molecule has 0 spiro atoms. The highest BCUT2D eigenvalue weighted by Crippen LogP contribution is 2.21. The van der Waals surface area contributed by atoms with Gasteiger partial charge in [0.2, 0.25) is 0 Å². The van der Waals surface area contributed by atoms with Crippen LogP contribution >= 0.6 is 0 Å². The van der Waals surface area contributed by atoms with Gasteiger partial charge in [-0.05, 0) is 25.8 Å². The molecule has 1 unspecified atom stereocenters. The van der Waals surface area contributed by atoms with E-state index in [1.165, 1.54) is 12.1 Å². The molecule has 0 radical (unpaired) electrons. The Balaban J connectivity index is 2.72. The summed E-state index contributed by atoms with van der Waals surface area (Å²) in [6.45, 7) is 5.53. The van der Waals surface area contributed by atoms with Gasteiger partial charge in [0.1, 0.15) is 0 Å². The highest BCUT2D eigenvalue weighted by atomic mass is 19.1. The minimum absolute atomic E-state index is 0.0870. The molecule has 1 N–H and O–H groups in total. The van der Waals surface area contributed by atoms with E-state index in [9.17, 15) is 14.5 Å². The number of nitro groups is 1. The van der Waals surface area contributed by atoms with Crippen molar-refractivity contribution in [2.45, 2.75) is 25.8 Å². The van der Waals surface area contributed by atoms with Crippen molar-refractivity contribution in [2.24, 2.45) is 0 Å². The SMILES string of the molecule is C=CCCC(C)Nc1ccc([N+](=O)[O-])cc1F. The van der Waals surface area contributed by atoms with Crippen LogP contribution in [0.2, 0.25) is 0 Å². The molecule has 5 heteroatoms. The van der Waals surface area contributed by atoms with Crippen LogP contribution in [0.3, 0.4) is 0 Å². The zero-order chi connectivity index (χ0) is 12.8. The van der Waals surface area contributed by atoms with Gasteiger partial charge in [0, 0.05) is 12.1 Å². The molecular weight excluding hydrogens is 223 g/mol. The van der Waals surface area contributed by atoms with Gasteiger partial charge < -0.3 is 5.32 Å². The van der Waals surface area contributed by atoms with Gasteiger partial charge in [0.25, 0.3) is 5.69 Å². The number of hydrogen-bond donors (Lipinski definition) is 1. The van der Waals surface area contributed by atoms with Crippen LogP contribution in [0.4, 0.5) is 15.8 Å². The summed E-state index contributed by atoms with van der Waals surface area (Å²) in [6, 6.07) is 3.68. The lowest BCUT2D eigenvalue weighted by Gasteiger charge is -2.14. The second kappa shape index (κ2) is 5.98. The first-order valence-corrected chi connectivity index (χ1v) is 5.36. The fourth-order valence-corrected chi connectivity index (χ4v) is 1.44. The number of allylic oxidation sites excluding steroid dienone is 1. The predicted molar refractivity (Wildman–Crippen MR) is 65.6 cm³/mol. The maximum Gasteiger partial charge on any atom is 0.272 e. The van der Waals surface area contributed by atoms with Gasteiger partial charge in [-0.15, -0.1) is 6.58 Å². The molecule has 0 amide bonds. The standard InChI is InChI=1S/C12H15FN2O2/c1-3-4-5-9(2)14-12-7-6-10(15(16)17)8-11(12)13/h3,6-9,14H,1,4-5H2,2H3. The van der Waals surface area contributed by atoms with E-state index in [1.54, 1.807) is 6.08 Å². The first-order valence-electron chi connectivity index (χ1n) is 5.36. The molecule has 4 nitrogen and oxygen atoms in total. The van der Waals surface area contributed by atoms with Gasteiger partial charge in [0.15, 0.2) is 5.82 Å². The van der Waals surface area contributed by atoms with Crippen molar-refractivity contribution in [3.05, 3.63) is 46.8 Å². The zero-order valence-corrected chi connectivity index (χ0v) is 9.65. The Hall–Kier alpha value is -1.91. The number of non-ortho nitro benzene ring substituents is 1. The minimum atomic E-state index is -0.617. The van der Waals surface area contributed by atoms with Crippen LogP contribution in [0.5, 0.6) is 0 Å². The molecule has 0 saturated heterocycles. The molecule has 0 saturated carbocycles. The van der Waals surface area contributed by atoms with E-state index in [-0.39, 0.29) is 17.4 Å². The fraction of sp³-hybridized carbons (Fsp3) is 0.333. The third kappa shape index (κ3) is 3.86. The molecule has 0 aliphatic heterocycles. The molecule has 17 heavy (non-hydrogen) atoms. The lowest BCUT2D eigenvalue weighted by molar-refractivity contribution is -0.385. The Morgan fingerprint density at radius 3 is 2.88 bits per heavy atom. The van der Waals surface area contributed by atoms with Crippen molar-refractivity contribution in [1.29, 1.82) is 0 Å². The number of nitrogens with one attached hydrogen (secondary N) is 1. The number of benzene rings is 1. The van der Waals surface area contributed by atoms with Crippen LogP contribution in [0.1, 0.15) is 19.8 Å². The number of nitrogens with zero attached hydrogens (tertiary/aromatic N) is 1. The molecule has 1 rings (SSSR count). The van der Waals surface area contributed by atoms with Crippen LogP contribution in [-0.2, 0) is 0 Å². The van der Waals surface area contributed by atoms with E-state index in [4.69, 9.17) is 0 Å². The van der Waals surface area contributed by atoms with Crippen LogP contribution < -0.4 is 5.32 Å². The monoisotopic (exact) mass is 238 g/mol.